The van der Waals surface area contributed by atoms with Crippen LogP contribution in [0.3, 0.4) is 0 Å². The number of aromatic nitrogens is 1. The van der Waals surface area contributed by atoms with Crippen molar-refractivity contribution in [2.45, 2.75) is 38.9 Å². The number of carbonyl (C=O) groups is 1. The van der Waals surface area contributed by atoms with E-state index in [-0.39, 0.29) is 17.5 Å². The van der Waals surface area contributed by atoms with Gasteiger partial charge in [0.05, 0.1) is 17.2 Å². The molecule has 4 nitrogen and oxygen atoms in total. The van der Waals surface area contributed by atoms with Crippen LogP contribution in [0.25, 0.3) is 0 Å². The second-order valence-electron chi connectivity index (χ2n) is 6.83. The molecule has 0 radical (unpaired) electrons. The van der Waals surface area contributed by atoms with Crippen LogP contribution in [0.4, 0.5) is 0 Å². The summed E-state index contributed by atoms with van der Waals surface area (Å²) in [6.07, 6.45) is -0.140. The number of amides is 1. The average molecular weight is 394 g/mol. The molecular formula is C17H20BrN3OS. The Labute approximate surface area is 149 Å². The second-order valence-corrected chi connectivity index (χ2v) is 8.60. The molecule has 1 amide bonds. The predicted molar refractivity (Wildman–Crippen MR) is 96.2 cm³/mol. The normalized spacial score (nSPS) is 19.1. The van der Waals surface area contributed by atoms with Crippen LogP contribution >= 0.6 is 27.3 Å². The fourth-order valence-electron chi connectivity index (χ4n) is 2.55. The van der Waals surface area contributed by atoms with Crippen molar-refractivity contribution in [1.82, 2.24) is 15.2 Å². The zero-order valence-electron chi connectivity index (χ0n) is 13.5. The Balaban J connectivity index is 1.81. The van der Waals surface area contributed by atoms with E-state index in [0.717, 1.165) is 21.7 Å². The molecule has 1 saturated heterocycles. The summed E-state index contributed by atoms with van der Waals surface area (Å²) in [7, 11) is 0. The molecule has 0 aliphatic carbocycles. The molecule has 2 heterocycles. The van der Waals surface area contributed by atoms with Crippen molar-refractivity contribution in [2.24, 2.45) is 0 Å². The number of rotatable bonds is 3. The first-order chi connectivity index (χ1) is 10.8. The number of hydrogen-bond donors (Lipinski definition) is 1. The summed E-state index contributed by atoms with van der Waals surface area (Å²) in [4.78, 5) is 18.8. The summed E-state index contributed by atoms with van der Waals surface area (Å²) in [6, 6.07) is 8.20. The maximum Gasteiger partial charge on any atom is 0.235 e. The lowest BCUT2D eigenvalue weighted by molar-refractivity contribution is -0.118. The smallest absolute Gasteiger partial charge is 0.235 e. The minimum absolute atomic E-state index is 0.0298. The predicted octanol–water partition coefficient (Wildman–Crippen LogP) is 3.83. The third-order valence-corrected chi connectivity index (χ3v) is 5.57. The first-order valence-corrected chi connectivity index (χ1v) is 9.24. The SMILES string of the molecule is CC(C)(C)c1nc(C2NC(=O)CN2Cc2ccc(Br)cc2)cs1. The van der Waals surface area contributed by atoms with Crippen molar-refractivity contribution in [3.63, 3.8) is 0 Å². The van der Waals surface area contributed by atoms with Crippen molar-refractivity contribution >= 4 is 33.2 Å². The molecule has 122 valence electrons. The first-order valence-electron chi connectivity index (χ1n) is 7.57. The van der Waals surface area contributed by atoms with Gasteiger partial charge in [-0.15, -0.1) is 11.3 Å². The van der Waals surface area contributed by atoms with E-state index < -0.39 is 0 Å². The Morgan fingerprint density at radius 2 is 2.04 bits per heavy atom. The highest BCUT2D eigenvalue weighted by Gasteiger charge is 2.33. The van der Waals surface area contributed by atoms with Gasteiger partial charge >= 0.3 is 0 Å². The van der Waals surface area contributed by atoms with Crippen LogP contribution in [0.2, 0.25) is 0 Å². The number of nitrogens with zero attached hydrogens (tertiary/aromatic N) is 2. The topological polar surface area (TPSA) is 45.2 Å². The molecule has 0 spiro atoms. The highest BCUT2D eigenvalue weighted by molar-refractivity contribution is 9.10. The fraction of sp³-hybridized carbons (Fsp3) is 0.412. The first kappa shape index (κ1) is 16.6. The van der Waals surface area contributed by atoms with Gasteiger partial charge in [0.25, 0.3) is 0 Å². The van der Waals surface area contributed by atoms with E-state index >= 15 is 0 Å². The van der Waals surface area contributed by atoms with Gasteiger partial charge in [-0.1, -0.05) is 48.8 Å². The molecule has 23 heavy (non-hydrogen) atoms. The lowest BCUT2D eigenvalue weighted by atomic mass is 9.98. The van der Waals surface area contributed by atoms with E-state index in [1.165, 1.54) is 5.56 Å². The number of thiazole rings is 1. The van der Waals surface area contributed by atoms with Gasteiger partial charge in [0.2, 0.25) is 5.91 Å². The van der Waals surface area contributed by atoms with Gasteiger partial charge in [-0.05, 0) is 17.7 Å². The zero-order chi connectivity index (χ0) is 16.6. The van der Waals surface area contributed by atoms with Gasteiger partial charge in [0, 0.05) is 21.8 Å². The Bertz CT molecular complexity index is 705. The van der Waals surface area contributed by atoms with Gasteiger partial charge in [0.15, 0.2) is 0 Å². The van der Waals surface area contributed by atoms with E-state index in [1.807, 2.05) is 12.1 Å². The second kappa shape index (κ2) is 6.34. The van der Waals surface area contributed by atoms with Crippen LogP contribution in [0.1, 0.15) is 43.2 Å². The highest BCUT2D eigenvalue weighted by atomic mass is 79.9. The Morgan fingerprint density at radius 3 is 2.65 bits per heavy atom. The average Bonchev–Trinajstić information content (AvgIpc) is 3.07. The molecule has 1 aromatic carbocycles. The maximum absolute atomic E-state index is 11.9. The van der Waals surface area contributed by atoms with Crippen LogP contribution < -0.4 is 5.32 Å². The number of benzene rings is 1. The van der Waals surface area contributed by atoms with Crippen LogP contribution in [0.5, 0.6) is 0 Å². The standard InChI is InChI=1S/C17H20BrN3OS/c1-17(2,3)16-19-13(10-23-16)15-20-14(22)9-21(15)8-11-4-6-12(18)7-5-11/h4-7,10,15H,8-9H2,1-3H3,(H,20,22). The summed E-state index contributed by atoms with van der Waals surface area (Å²) >= 11 is 5.11. The third-order valence-electron chi connectivity index (χ3n) is 3.75. The number of halogens is 1. The lowest BCUT2D eigenvalue weighted by Gasteiger charge is -2.22. The monoisotopic (exact) mass is 393 g/mol. The molecule has 3 rings (SSSR count). The fourth-order valence-corrected chi connectivity index (χ4v) is 3.74. The zero-order valence-corrected chi connectivity index (χ0v) is 15.9. The quantitative estimate of drug-likeness (QED) is 0.861. The molecule has 1 aliphatic heterocycles. The molecule has 0 saturated carbocycles. The number of nitrogens with one attached hydrogen (secondary N) is 1. The van der Waals surface area contributed by atoms with E-state index in [2.05, 4.69) is 64.4 Å². The third kappa shape index (κ3) is 3.82. The molecule has 1 aliphatic rings. The Hall–Kier alpha value is -1.24. The van der Waals surface area contributed by atoms with Gasteiger partial charge in [-0.25, -0.2) is 4.98 Å². The van der Waals surface area contributed by atoms with Gasteiger partial charge in [-0.2, -0.15) is 0 Å². The number of carbonyl (C=O) groups excluding carboxylic acids is 1. The van der Waals surface area contributed by atoms with E-state index in [1.54, 1.807) is 11.3 Å². The summed E-state index contributed by atoms with van der Waals surface area (Å²) < 4.78 is 1.06. The van der Waals surface area contributed by atoms with E-state index in [9.17, 15) is 4.79 Å². The van der Waals surface area contributed by atoms with Gasteiger partial charge < -0.3 is 5.32 Å². The van der Waals surface area contributed by atoms with Crippen molar-refractivity contribution < 1.29 is 4.79 Å². The van der Waals surface area contributed by atoms with Crippen LogP contribution in [-0.2, 0) is 16.8 Å². The van der Waals surface area contributed by atoms with Crippen molar-refractivity contribution in [3.8, 4) is 0 Å². The van der Waals surface area contributed by atoms with E-state index in [0.29, 0.717) is 6.54 Å². The van der Waals surface area contributed by atoms with Crippen LogP contribution in [-0.4, -0.2) is 22.3 Å². The van der Waals surface area contributed by atoms with Crippen molar-refractivity contribution in [3.05, 3.63) is 50.4 Å². The molecule has 1 aromatic heterocycles. The Morgan fingerprint density at radius 1 is 1.35 bits per heavy atom. The molecule has 6 heteroatoms. The Kier molecular flexibility index (Phi) is 4.58. The molecule has 1 unspecified atom stereocenters. The molecular weight excluding hydrogens is 374 g/mol. The maximum atomic E-state index is 11.9. The highest BCUT2D eigenvalue weighted by Crippen LogP contribution is 2.30. The van der Waals surface area contributed by atoms with Crippen molar-refractivity contribution in [1.29, 1.82) is 0 Å². The molecule has 0 bridgehead atoms. The lowest BCUT2D eigenvalue weighted by Crippen LogP contribution is -2.28. The molecule has 2 aromatic rings. The molecule has 1 fully saturated rings. The minimum atomic E-state index is -0.140. The van der Waals surface area contributed by atoms with Crippen LogP contribution in [0.15, 0.2) is 34.1 Å². The van der Waals surface area contributed by atoms with Gasteiger partial charge in [0.1, 0.15) is 6.17 Å². The van der Waals surface area contributed by atoms with Gasteiger partial charge in [-0.3, -0.25) is 9.69 Å². The van der Waals surface area contributed by atoms with Crippen molar-refractivity contribution in [2.75, 3.05) is 6.54 Å². The largest absolute Gasteiger partial charge is 0.334 e. The van der Waals surface area contributed by atoms with E-state index in [4.69, 9.17) is 4.98 Å². The molecule has 1 N–H and O–H groups in total. The summed E-state index contributed by atoms with van der Waals surface area (Å²) in [5.41, 5.74) is 2.14. The van der Waals surface area contributed by atoms with Crippen LogP contribution in [0, 0.1) is 0 Å². The summed E-state index contributed by atoms with van der Waals surface area (Å²) in [5.74, 6) is 0.0532. The number of hydrogen-bond acceptors (Lipinski definition) is 4. The molecule has 1 atom stereocenters. The summed E-state index contributed by atoms with van der Waals surface area (Å²) in [5, 5.41) is 6.19. The minimum Gasteiger partial charge on any atom is -0.334 e. The summed E-state index contributed by atoms with van der Waals surface area (Å²) in [6.45, 7) is 7.59.